The van der Waals surface area contributed by atoms with Crippen LogP contribution in [0.1, 0.15) is 20.8 Å². The number of halogens is 2. The molecule has 3 heterocycles. The number of fused-ring (bicyclic) bond motifs is 1. The molecule has 0 aromatic carbocycles. The summed E-state index contributed by atoms with van der Waals surface area (Å²) in [5.41, 5.74) is 0. The monoisotopic (exact) mass is 427 g/mol. The molecule has 13 heteroatoms. The highest BCUT2D eigenvalue weighted by molar-refractivity contribution is 7.87. The van der Waals surface area contributed by atoms with Crippen LogP contribution < -0.4 is 5.11 Å². The molecule has 10 nitrogen and oxygen atoms in total. The summed E-state index contributed by atoms with van der Waals surface area (Å²) in [4.78, 5) is 34.7. The fraction of sp³-hybridized carbons (Fsp3) is 0.800. The van der Waals surface area contributed by atoms with Crippen molar-refractivity contribution >= 4 is 28.0 Å². The molecule has 0 saturated carbocycles. The lowest BCUT2D eigenvalue weighted by molar-refractivity contribution is -0.337. The zero-order valence-electron chi connectivity index (χ0n) is 14.9. The van der Waals surface area contributed by atoms with Crippen LogP contribution in [0.2, 0.25) is 0 Å². The van der Waals surface area contributed by atoms with E-state index in [0.29, 0.717) is 0 Å². The molecule has 3 rings (SSSR count). The van der Waals surface area contributed by atoms with E-state index in [0.717, 1.165) is 6.92 Å². The summed E-state index contributed by atoms with van der Waals surface area (Å²) in [5.74, 6) is -12.2. The molecule has 0 aromatic rings. The van der Waals surface area contributed by atoms with Gasteiger partial charge < -0.3 is 24.1 Å². The summed E-state index contributed by atoms with van der Waals surface area (Å²) in [7, 11) is -4.34. The average Bonchev–Trinajstić information content (AvgIpc) is 3.13. The van der Waals surface area contributed by atoms with Gasteiger partial charge >= 0.3 is 17.9 Å². The number of ether oxygens (including phenoxy) is 3. The second-order valence-electron chi connectivity index (χ2n) is 7.20. The van der Waals surface area contributed by atoms with E-state index in [2.05, 4.69) is 0 Å². The molecule has 0 aromatic heterocycles. The number of carbonyl (C=O) groups excluding carboxylic acids is 3. The van der Waals surface area contributed by atoms with Crippen LogP contribution in [0.3, 0.4) is 0 Å². The van der Waals surface area contributed by atoms with Crippen molar-refractivity contribution in [3.63, 3.8) is 0 Å². The molecule has 0 aliphatic carbocycles. The summed E-state index contributed by atoms with van der Waals surface area (Å²) >= 11 is 0. The maximum Gasteiger partial charge on any atom is 0.323 e. The Kier molecular flexibility index (Phi) is 4.91. The van der Waals surface area contributed by atoms with E-state index < -0.39 is 81.6 Å². The second kappa shape index (κ2) is 6.59. The maximum atomic E-state index is 13.9. The molecule has 158 valence electrons. The van der Waals surface area contributed by atoms with Crippen LogP contribution in [0.15, 0.2) is 0 Å². The Balaban J connectivity index is 1.90. The first-order chi connectivity index (χ1) is 12.8. The van der Waals surface area contributed by atoms with Crippen molar-refractivity contribution in [2.24, 2.45) is 11.8 Å². The fourth-order valence-corrected chi connectivity index (χ4v) is 5.70. The Labute approximate surface area is 158 Å². The van der Waals surface area contributed by atoms with Gasteiger partial charge in [-0.1, -0.05) is 13.8 Å². The third-order valence-corrected chi connectivity index (χ3v) is 6.67. The average molecular weight is 427 g/mol. The number of aliphatic carboxylic acids is 1. The Morgan fingerprint density at radius 2 is 1.75 bits per heavy atom. The number of alkyl halides is 2. The van der Waals surface area contributed by atoms with Crippen molar-refractivity contribution in [3.8, 4) is 0 Å². The van der Waals surface area contributed by atoms with Gasteiger partial charge in [0.25, 0.3) is 10.1 Å². The molecular weight excluding hydrogens is 410 g/mol. The molecule has 0 spiro atoms. The molecule has 3 aliphatic heterocycles. The zero-order valence-corrected chi connectivity index (χ0v) is 15.7. The summed E-state index contributed by atoms with van der Waals surface area (Å²) < 4.78 is 72.3. The van der Waals surface area contributed by atoms with E-state index in [1.54, 1.807) is 0 Å². The number of hydrogen-bond donors (Lipinski definition) is 0. The number of hydrogen-bond acceptors (Lipinski definition) is 10. The minimum absolute atomic E-state index is 0.791. The van der Waals surface area contributed by atoms with Crippen molar-refractivity contribution < 1.29 is 55.1 Å². The van der Waals surface area contributed by atoms with Gasteiger partial charge in [0.1, 0.15) is 35.4 Å². The number of carbonyl (C=O) groups is 3. The molecular formula is C15H17F2O10S-. The molecule has 2 bridgehead atoms. The van der Waals surface area contributed by atoms with Gasteiger partial charge in [0, 0.05) is 6.92 Å². The van der Waals surface area contributed by atoms with Crippen LogP contribution in [-0.2, 0) is 42.9 Å². The van der Waals surface area contributed by atoms with Crippen molar-refractivity contribution in [2.75, 3.05) is 0 Å². The van der Waals surface area contributed by atoms with Crippen LogP contribution in [0.25, 0.3) is 0 Å². The Hall–Kier alpha value is -1.86. The quantitative estimate of drug-likeness (QED) is 0.357. The summed E-state index contributed by atoms with van der Waals surface area (Å²) in [5, 5.41) is 9.21. The first-order valence-electron chi connectivity index (χ1n) is 8.33. The lowest BCUT2D eigenvalue weighted by Crippen LogP contribution is -2.55. The normalized spacial score (nSPS) is 36.4. The van der Waals surface area contributed by atoms with Crippen molar-refractivity contribution in [2.45, 2.75) is 62.5 Å². The molecule has 0 radical (unpaired) electrons. The predicted octanol–water partition coefficient (Wildman–Crippen LogP) is -1.63. The van der Waals surface area contributed by atoms with E-state index in [1.807, 2.05) is 0 Å². The van der Waals surface area contributed by atoms with Crippen LogP contribution in [-0.4, -0.2) is 68.0 Å². The molecule has 0 N–H and O–H groups in total. The molecule has 7 unspecified atom stereocenters. The minimum Gasteiger partial charge on any atom is -0.544 e. The zero-order chi connectivity index (χ0) is 21.2. The van der Waals surface area contributed by atoms with E-state index in [9.17, 15) is 36.7 Å². The number of esters is 2. The van der Waals surface area contributed by atoms with Gasteiger partial charge in [-0.05, 0) is 5.92 Å². The lowest BCUT2D eigenvalue weighted by atomic mass is 9.84. The number of carboxylic acids is 1. The first-order valence-corrected chi connectivity index (χ1v) is 9.80. The van der Waals surface area contributed by atoms with Gasteiger partial charge in [-0.25, -0.2) is 0 Å². The van der Waals surface area contributed by atoms with Crippen LogP contribution >= 0.6 is 0 Å². The molecule has 0 amide bonds. The maximum absolute atomic E-state index is 13.9. The standard InChI is InChI=1S/C15H18F2O10S/c1-4(2)12(15(16,17)14(20)21)26-13(19)6-7-8(24-5(3)18)9-10(25-7)11(6)28(22,23)27-9/h4,6-12H,1-3H3,(H,20,21)/p-1. The van der Waals surface area contributed by atoms with E-state index in [4.69, 9.17) is 18.4 Å². The largest absolute Gasteiger partial charge is 0.544 e. The SMILES string of the molecule is CC(=O)OC1C2OS(=O)(=O)C3C2OC1C3C(=O)OC(C(C)C)C(F)(F)C(=O)[O-]. The van der Waals surface area contributed by atoms with Gasteiger partial charge in [-0.2, -0.15) is 17.2 Å². The Bertz CT molecular complexity index is 810. The molecule has 7 atom stereocenters. The number of rotatable bonds is 6. The second-order valence-corrected chi connectivity index (χ2v) is 8.92. The summed E-state index contributed by atoms with van der Waals surface area (Å²) in [6.45, 7) is 3.44. The highest BCUT2D eigenvalue weighted by Gasteiger charge is 2.74. The van der Waals surface area contributed by atoms with Crippen LogP contribution in [0, 0.1) is 11.8 Å². The highest BCUT2D eigenvalue weighted by atomic mass is 32.2. The summed E-state index contributed by atoms with van der Waals surface area (Å²) in [6.07, 6.45) is -7.25. The molecule has 28 heavy (non-hydrogen) atoms. The van der Waals surface area contributed by atoms with Gasteiger partial charge in [0.15, 0.2) is 12.2 Å². The van der Waals surface area contributed by atoms with Gasteiger partial charge in [0.2, 0.25) is 0 Å². The van der Waals surface area contributed by atoms with Crippen molar-refractivity contribution in [3.05, 3.63) is 0 Å². The van der Waals surface area contributed by atoms with E-state index >= 15 is 0 Å². The van der Waals surface area contributed by atoms with Gasteiger partial charge in [0.05, 0.1) is 0 Å². The fourth-order valence-electron chi connectivity index (χ4n) is 3.87. The van der Waals surface area contributed by atoms with Crippen molar-refractivity contribution in [1.29, 1.82) is 0 Å². The number of carboxylic acid groups (broad SMARTS) is 1. The van der Waals surface area contributed by atoms with Crippen molar-refractivity contribution in [1.82, 2.24) is 0 Å². The minimum atomic E-state index is -4.51. The topological polar surface area (TPSA) is 145 Å². The van der Waals surface area contributed by atoms with E-state index in [1.165, 1.54) is 13.8 Å². The lowest BCUT2D eigenvalue weighted by Gasteiger charge is -2.33. The predicted molar refractivity (Wildman–Crippen MR) is 80.0 cm³/mol. The van der Waals surface area contributed by atoms with E-state index in [-0.39, 0.29) is 0 Å². The Morgan fingerprint density at radius 1 is 1.14 bits per heavy atom. The van der Waals surface area contributed by atoms with Gasteiger partial charge in [-0.15, -0.1) is 0 Å². The summed E-state index contributed by atoms with van der Waals surface area (Å²) in [6, 6.07) is 0. The smallest absolute Gasteiger partial charge is 0.323 e. The third-order valence-electron chi connectivity index (χ3n) is 4.95. The highest BCUT2D eigenvalue weighted by Crippen LogP contribution is 2.51. The molecule has 3 fully saturated rings. The third kappa shape index (κ3) is 3.05. The van der Waals surface area contributed by atoms with Crippen LogP contribution in [0.4, 0.5) is 8.78 Å². The van der Waals surface area contributed by atoms with Gasteiger partial charge in [-0.3, -0.25) is 13.8 Å². The first kappa shape index (κ1) is 20.9. The molecule has 3 aliphatic rings. The van der Waals surface area contributed by atoms with Crippen LogP contribution in [0.5, 0.6) is 0 Å². The molecule has 3 saturated heterocycles. The Morgan fingerprint density at radius 3 is 2.25 bits per heavy atom.